The first-order valence-electron chi connectivity index (χ1n) is 17.4. The van der Waals surface area contributed by atoms with Gasteiger partial charge in [-0.3, -0.25) is 14.4 Å². The highest BCUT2D eigenvalue weighted by atomic mass is 35.5. The van der Waals surface area contributed by atoms with Gasteiger partial charge in [-0.1, -0.05) is 54.1 Å². The summed E-state index contributed by atoms with van der Waals surface area (Å²) < 4.78 is 48.6. The van der Waals surface area contributed by atoms with E-state index in [1.807, 2.05) is 42.5 Å². The molecule has 0 aliphatic heterocycles. The van der Waals surface area contributed by atoms with E-state index in [9.17, 15) is 32.3 Å². The molecule has 0 unspecified atom stereocenters. The fraction of sp³-hybridized carbons (Fsp3) is 0.342. The molecule has 1 heterocycles. The number of Topliss-reactive ketones (excluding diaryl/α,β-unsaturated/α-hetero) is 1. The van der Waals surface area contributed by atoms with Gasteiger partial charge in [-0.2, -0.15) is 28.1 Å². The van der Waals surface area contributed by atoms with E-state index in [-0.39, 0.29) is 30.3 Å². The van der Waals surface area contributed by atoms with Crippen LogP contribution in [0.2, 0.25) is 5.02 Å². The first kappa shape index (κ1) is 38.9. The second-order valence-electron chi connectivity index (χ2n) is 13.5. The zero-order valence-electron chi connectivity index (χ0n) is 29.5. The number of hydrogen-bond donors (Lipinski definition) is 4. The van der Waals surface area contributed by atoms with Crippen molar-refractivity contribution in [2.24, 2.45) is 0 Å². The van der Waals surface area contributed by atoms with E-state index in [4.69, 9.17) is 21.1 Å². The molecule has 6 rings (SSSR count). The van der Waals surface area contributed by atoms with Gasteiger partial charge in [0.1, 0.15) is 6.04 Å². The van der Waals surface area contributed by atoms with Crippen molar-refractivity contribution < 1.29 is 41.8 Å². The Morgan fingerprint density at radius 1 is 0.873 bits per heavy atom. The van der Waals surface area contributed by atoms with Crippen LogP contribution in [0.5, 0.6) is 6.01 Å². The number of amides is 2. The van der Waals surface area contributed by atoms with Gasteiger partial charge in [0.25, 0.3) is 11.8 Å². The number of halogens is 4. The number of ether oxygens (including phenoxy) is 2. The number of methoxy groups -OCH3 is 1. The second-order valence-corrected chi connectivity index (χ2v) is 13.9. The van der Waals surface area contributed by atoms with E-state index in [2.05, 4.69) is 36.2 Å². The van der Waals surface area contributed by atoms with Crippen molar-refractivity contribution in [1.29, 1.82) is 0 Å². The van der Waals surface area contributed by atoms with Crippen molar-refractivity contribution in [2.75, 3.05) is 24.4 Å². The summed E-state index contributed by atoms with van der Waals surface area (Å²) in [6.07, 6.45) is -1.62. The molecule has 0 bridgehead atoms. The van der Waals surface area contributed by atoms with Crippen LogP contribution in [-0.2, 0) is 31.1 Å². The second kappa shape index (κ2) is 16.3. The molecular formula is C38H37ClF3N7O6. The van der Waals surface area contributed by atoms with E-state index in [0.717, 1.165) is 31.1 Å². The Labute approximate surface area is 318 Å². The first-order valence-corrected chi connectivity index (χ1v) is 17.8. The number of nitrogens with one attached hydrogen (secondary N) is 4. The summed E-state index contributed by atoms with van der Waals surface area (Å²) in [5.74, 6) is -3.09. The Hall–Kier alpha value is -5.77. The molecule has 1 atom stereocenters. The lowest BCUT2D eigenvalue weighted by atomic mass is 10.0. The van der Waals surface area contributed by atoms with Crippen LogP contribution in [0.4, 0.5) is 30.8 Å². The number of alkyl halides is 3. The number of anilines is 3. The summed E-state index contributed by atoms with van der Waals surface area (Å²) in [4.78, 5) is 63.6. The molecule has 1 aromatic heterocycles. The third kappa shape index (κ3) is 10.7. The summed E-state index contributed by atoms with van der Waals surface area (Å²) in [6, 6.07) is 20.8. The van der Waals surface area contributed by atoms with Crippen molar-refractivity contribution in [2.45, 2.75) is 68.2 Å². The number of aromatic nitrogens is 3. The average molecular weight is 780 g/mol. The predicted octanol–water partition coefficient (Wildman–Crippen LogP) is 5.82. The van der Waals surface area contributed by atoms with Crippen molar-refractivity contribution in [3.05, 3.63) is 101 Å². The maximum absolute atomic E-state index is 13.1. The monoisotopic (exact) mass is 779 g/mol. The molecule has 2 saturated carbocycles. The quantitative estimate of drug-likeness (QED) is 0.0751. The minimum atomic E-state index is -4.63. The van der Waals surface area contributed by atoms with Gasteiger partial charge < -0.3 is 30.7 Å². The number of carbonyl (C=O) groups excluding carboxylic acids is 4. The number of nitrogens with zero attached hydrogens (tertiary/aromatic N) is 3. The van der Waals surface area contributed by atoms with Gasteiger partial charge >= 0.3 is 18.2 Å². The number of carbonyl (C=O) groups is 4. The van der Waals surface area contributed by atoms with Gasteiger partial charge in [0, 0.05) is 28.2 Å². The van der Waals surface area contributed by atoms with Crippen LogP contribution in [-0.4, -0.2) is 70.0 Å². The summed E-state index contributed by atoms with van der Waals surface area (Å²) in [7, 11) is 1.14. The fourth-order valence-electron chi connectivity index (χ4n) is 5.92. The van der Waals surface area contributed by atoms with Crippen LogP contribution in [0.3, 0.4) is 0 Å². The fourth-order valence-corrected chi connectivity index (χ4v) is 6.05. The van der Waals surface area contributed by atoms with Crippen LogP contribution in [0.1, 0.15) is 60.0 Å². The molecule has 2 aliphatic carbocycles. The van der Waals surface area contributed by atoms with Crippen LogP contribution in [0.25, 0.3) is 0 Å². The smallest absolute Gasteiger partial charge is 0.422 e. The minimum absolute atomic E-state index is 0.0258. The Morgan fingerprint density at radius 3 is 2.16 bits per heavy atom. The van der Waals surface area contributed by atoms with Crippen LogP contribution < -0.4 is 26.0 Å². The molecule has 0 radical (unpaired) electrons. The number of esters is 1. The molecule has 0 spiro atoms. The maximum Gasteiger partial charge on any atom is 0.422 e. The van der Waals surface area contributed by atoms with E-state index >= 15 is 0 Å². The third-order valence-electron chi connectivity index (χ3n) is 9.20. The molecule has 2 fully saturated rings. The highest BCUT2D eigenvalue weighted by molar-refractivity contribution is 6.36. The summed E-state index contributed by atoms with van der Waals surface area (Å²) in [5.41, 5.74) is 1.39. The molecule has 13 nitrogen and oxygen atoms in total. The topological polar surface area (TPSA) is 174 Å². The number of hydrogen-bond acceptors (Lipinski definition) is 11. The van der Waals surface area contributed by atoms with Gasteiger partial charge in [0.15, 0.2) is 6.61 Å². The average Bonchev–Trinajstić information content (AvgIpc) is 4.10. The van der Waals surface area contributed by atoms with E-state index in [0.29, 0.717) is 30.0 Å². The van der Waals surface area contributed by atoms with Gasteiger partial charge in [0.05, 0.1) is 12.6 Å². The summed E-state index contributed by atoms with van der Waals surface area (Å²) in [6.45, 7) is -1.62. The zero-order valence-corrected chi connectivity index (χ0v) is 30.3. The maximum atomic E-state index is 13.1. The lowest BCUT2D eigenvalue weighted by molar-refractivity contribution is -0.154. The van der Waals surface area contributed by atoms with E-state index in [1.165, 1.54) is 24.3 Å². The summed E-state index contributed by atoms with van der Waals surface area (Å²) in [5, 5.41) is 12.0. The molecule has 3 aromatic carbocycles. The molecule has 2 amide bonds. The Kier molecular flexibility index (Phi) is 11.5. The number of ketones is 1. The standard InChI is InChI=1S/C38H37ClF3N7O6/c1-54-32(53)28(15-16-29(50)31(52)48-36(17-18-36)21-23-5-3-2-4-6-23)44-30(51)24-7-13-27(14-8-24)43-33-45-34(47-35(46-33)55-22-38(40,41)42)49-37(19-20-37)25-9-11-26(39)12-10-25/h2-14,28H,15-22H2,1H3,(H,44,51)(H,48,52)(H2,43,45,46,47,49)/t28-/m0/s1. The molecular weight excluding hydrogens is 743 g/mol. The normalized spacial score (nSPS) is 15.5. The highest BCUT2D eigenvalue weighted by Crippen LogP contribution is 2.48. The van der Waals surface area contributed by atoms with Crippen LogP contribution in [0, 0.1) is 0 Å². The van der Waals surface area contributed by atoms with Crippen molar-refractivity contribution in [3.63, 3.8) is 0 Å². The van der Waals surface area contributed by atoms with Crippen LogP contribution >= 0.6 is 11.6 Å². The highest BCUT2D eigenvalue weighted by Gasteiger charge is 2.46. The Morgan fingerprint density at radius 2 is 1.55 bits per heavy atom. The molecule has 4 aromatic rings. The SMILES string of the molecule is COC(=O)[C@H](CCC(=O)C(=O)NC1(Cc2ccccc2)CC1)NC(=O)c1ccc(Nc2nc(NC3(c4ccc(Cl)cc4)CC3)nc(OCC(F)(F)F)n2)cc1. The minimum Gasteiger partial charge on any atom is -0.467 e. The van der Waals surface area contributed by atoms with Crippen LogP contribution in [0.15, 0.2) is 78.9 Å². The zero-order chi connectivity index (χ0) is 39.2. The van der Waals surface area contributed by atoms with Gasteiger partial charge in [-0.05, 0) is 86.1 Å². The number of benzene rings is 3. The molecule has 4 N–H and O–H groups in total. The van der Waals surface area contributed by atoms with E-state index in [1.54, 1.807) is 12.1 Å². The summed E-state index contributed by atoms with van der Waals surface area (Å²) >= 11 is 6.03. The van der Waals surface area contributed by atoms with E-state index < -0.39 is 59.5 Å². The Balaban J connectivity index is 1.07. The molecule has 0 saturated heterocycles. The first-order chi connectivity index (χ1) is 26.2. The van der Waals surface area contributed by atoms with Crippen molar-refractivity contribution in [3.8, 4) is 6.01 Å². The van der Waals surface area contributed by atoms with Crippen molar-refractivity contribution in [1.82, 2.24) is 25.6 Å². The Bertz CT molecular complexity index is 2030. The third-order valence-corrected chi connectivity index (χ3v) is 9.45. The van der Waals surface area contributed by atoms with Gasteiger partial charge in [0.2, 0.25) is 17.7 Å². The lowest BCUT2D eigenvalue weighted by Gasteiger charge is -2.19. The van der Waals surface area contributed by atoms with Gasteiger partial charge in [-0.15, -0.1) is 0 Å². The van der Waals surface area contributed by atoms with Gasteiger partial charge in [-0.25, -0.2) is 4.79 Å². The predicted molar refractivity (Wildman–Crippen MR) is 195 cm³/mol. The molecule has 17 heteroatoms. The number of rotatable bonds is 17. The van der Waals surface area contributed by atoms with Crippen molar-refractivity contribution >= 4 is 52.8 Å². The molecule has 288 valence electrons. The lowest BCUT2D eigenvalue weighted by Crippen LogP contribution is -2.44. The molecule has 2 aliphatic rings. The largest absolute Gasteiger partial charge is 0.467 e. The molecule has 55 heavy (non-hydrogen) atoms.